The highest BCUT2D eigenvalue weighted by Crippen LogP contribution is 2.37. The van der Waals surface area contributed by atoms with Crippen molar-refractivity contribution in [1.82, 2.24) is 5.32 Å². The average Bonchev–Trinajstić information content (AvgIpc) is 2.99. The van der Waals surface area contributed by atoms with Crippen LogP contribution in [0, 0.1) is 5.92 Å². The van der Waals surface area contributed by atoms with Crippen LogP contribution in [-0.4, -0.2) is 31.3 Å². The number of hydrogen-bond acceptors (Lipinski definition) is 3. The lowest BCUT2D eigenvalue weighted by Gasteiger charge is -2.28. The molecule has 0 radical (unpaired) electrons. The van der Waals surface area contributed by atoms with E-state index >= 15 is 0 Å². The number of carbonyl (C=O) groups is 1. The molecule has 19 heavy (non-hydrogen) atoms. The molecule has 2 saturated heterocycles. The van der Waals surface area contributed by atoms with Crippen LogP contribution < -0.4 is 10.2 Å². The highest BCUT2D eigenvalue weighted by Gasteiger charge is 2.48. The highest BCUT2D eigenvalue weighted by molar-refractivity contribution is 6.33. The number of cyclic esters (lactones) is 1. The molecule has 5 heteroatoms. The molecule has 0 aromatic heterocycles. The van der Waals surface area contributed by atoms with Gasteiger partial charge in [0.2, 0.25) is 0 Å². The van der Waals surface area contributed by atoms with Crippen molar-refractivity contribution in [2.75, 3.05) is 24.5 Å². The summed E-state index contributed by atoms with van der Waals surface area (Å²) in [5, 5.41) is 3.90. The quantitative estimate of drug-likeness (QED) is 0.906. The predicted molar refractivity (Wildman–Crippen MR) is 74.7 cm³/mol. The van der Waals surface area contributed by atoms with Gasteiger partial charge in [-0.1, -0.05) is 23.7 Å². The fourth-order valence-electron chi connectivity index (χ4n) is 2.91. The zero-order valence-corrected chi connectivity index (χ0v) is 11.6. The lowest BCUT2D eigenvalue weighted by atomic mass is 9.88. The summed E-state index contributed by atoms with van der Waals surface area (Å²) in [4.78, 5) is 13.8. The monoisotopic (exact) mass is 280 g/mol. The molecule has 3 rings (SSSR count). The van der Waals surface area contributed by atoms with Crippen molar-refractivity contribution in [3.8, 4) is 0 Å². The lowest BCUT2D eigenvalue weighted by Crippen LogP contribution is -2.40. The SMILES string of the molecule is CC1(C2CCNC2)CN(c2ccccc2Cl)C(=O)O1. The van der Waals surface area contributed by atoms with Gasteiger partial charge in [-0.25, -0.2) is 4.79 Å². The van der Waals surface area contributed by atoms with Crippen LogP contribution in [0.2, 0.25) is 5.02 Å². The summed E-state index contributed by atoms with van der Waals surface area (Å²) in [6.45, 7) is 4.46. The number of ether oxygens (including phenoxy) is 1. The fourth-order valence-corrected chi connectivity index (χ4v) is 3.15. The first-order chi connectivity index (χ1) is 9.10. The molecule has 1 aromatic rings. The van der Waals surface area contributed by atoms with E-state index in [1.54, 1.807) is 11.0 Å². The number of para-hydroxylation sites is 1. The second-order valence-corrected chi connectivity index (χ2v) is 5.82. The van der Waals surface area contributed by atoms with Crippen LogP contribution in [0.1, 0.15) is 13.3 Å². The van der Waals surface area contributed by atoms with Gasteiger partial charge in [0, 0.05) is 12.5 Å². The van der Waals surface area contributed by atoms with Crippen LogP contribution in [0.15, 0.2) is 24.3 Å². The highest BCUT2D eigenvalue weighted by atomic mass is 35.5. The van der Waals surface area contributed by atoms with E-state index in [1.165, 1.54) is 0 Å². The molecule has 2 fully saturated rings. The van der Waals surface area contributed by atoms with Gasteiger partial charge in [0.05, 0.1) is 17.3 Å². The average molecular weight is 281 g/mol. The minimum Gasteiger partial charge on any atom is -0.441 e. The smallest absolute Gasteiger partial charge is 0.415 e. The van der Waals surface area contributed by atoms with Crippen molar-refractivity contribution in [2.45, 2.75) is 18.9 Å². The van der Waals surface area contributed by atoms with E-state index in [9.17, 15) is 4.79 Å². The van der Waals surface area contributed by atoms with Crippen molar-refractivity contribution in [3.05, 3.63) is 29.3 Å². The maximum Gasteiger partial charge on any atom is 0.415 e. The molecular weight excluding hydrogens is 264 g/mol. The number of hydrogen-bond donors (Lipinski definition) is 1. The van der Waals surface area contributed by atoms with E-state index in [0.717, 1.165) is 25.2 Å². The van der Waals surface area contributed by atoms with Crippen LogP contribution in [0.3, 0.4) is 0 Å². The van der Waals surface area contributed by atoms with Crippen LogP contribution in [-0.2, 0) is 4.74 Å². The van der Waals surface area contributed by atoms with E-state index in [1.807, 2.05) is 25.1 Å². The van der Waals surface area contributed by atoms with Crippen molar-refractivity contribution < 1.29 is 9.53 Å². The Labute approximate surface area is 117 Å². The van der Waals surface area contributed by atoms with Crippen LogP contribution >= 0.6 is 11.6 Å². The lowest BCUT2D eigenvalue weighted by molar-refractivity contribution is 0.0287. The van der Waals surface area contributed by atoms with Crippen LogP contribution in [0.4, 0.5) is 10.5 Å². The molecular formula is C14H17ClN2O2. The summed E-state index contributed by atoms with van der Waals surface area (Å²) in [5.74, 6) is 0.365. The van der Waals surface area contributed by atoms with Crippen molar-refractivity contribution in [1.29, 1.82) is 0 Å². The number of anilines is 1. The molecule has 1 N–H and O–H groups in total. The Bertz CT molecular complexity index is 502. The number of amides is 1. The molecule has 1 amide bonds. The van der Waals surface area contributed by atoms with Gasteiger partial charge in [0.25, 0.3) is 0 Å². The summed E-state index contributed by atoms with van der Waals surface area (Å²) < 4.78 is 5.64. The minimum atomic E-state index is -0.431. The fraction of sp³-hybridized carbons (Fsp3) is 0.500. The van der Waals surface area contributed by atoms with Crippen molar-refractivity contribution in [3.63, 3.8) is 0 Å². The first-order valence-electron chi connectivity index (χ1n) is 6.56. The molecule has 0 aliphatic carbocycles. The van der Waals surface area contributed by atoms with Gasteiger partial charge in [0.1, 0.15) is 5.60 Å². The summed E-state index contributed by atoms with van der Waals surface area (Å²) in [7, 11) is 0. The molecule has 102 valence electrons. The van der Waals surface area contributed by atoms with Gasteiger partial charge in [0.15, 0.2) is 0 Å². The number of halogens is 1. The standard InChI is InChI=1S/C14H17ClN2O2/c1-14(10-6-7-16-8-10)9-17(13(18)19-14)12-5-3-2-4-11(12)15/h2-5,10,16H,6-9H2,1H3. The van der Waals surface area contributed by atoms with Gasteiger partial charge in [-0.2, -0.15) is 0 Å². The second kappa shape index (κ2) is 4.69. The molecule has 2 atom stereocenters. The maximum atomic E-state index is 12.1. The predicted octanol–water partition coefficient (Wildman–Crippen LogP) is 2.66. The first kappa shape index (κ1) is 12.8. The molecule has 0 bridgehead atoms. The Morgan fingerprint density at radius 2 is 2.26 bits per heavy atom. The number of carbonyl (C=O) groups excluding carboxylic acids is 1. The van der Waals surface area contributed by atoms with E-state index in [2.05, 4.69) is 5.32 Å². The van der Waals surface area contributed by atoms with Crippen LogP contribution in [0.25, 0.3) is 0 Å². The third-order valence-electron chi connectivity index (χ3n) is 4.08. The Morgan fingerprint density at radius 1 is 1.47 bits per heavy atom. The van der Waals surface area contributed by atoms with Crippen molar-refractivity contribution in [2.24, 2.45) is 5.92 Å². The molecule has 1 aromatic carbocycles. The van der Waals surface area contributed by atoms with Gasteiger partial charge >= 0.3 is 6.09 Å². The summed E-state index contributed by atoms with van der Waals surface area (Å²) in [6, 6.07) is 7.37. The Hall–Kier alpha value is -1.26. The Morgan fingerprint density at radius 3 is 2.95 bits per heavy atom. The third kappa shape index (κ3) is 2.19. The van der Waals surface area contributed by atoms with Crippen LogP contribution in [0.5, 0.6) is 0 Å². The Balaban J connectivity index is 1.86. The largest absolute Gasteiger partial charge is 0.441 e. The van der Waals surface area contributed by atoms with Gasteiger partial charge in [-0.15, -0.1) is 0 Å². The molecule has 0 saturated carbocycles. The summed E-state index contributed by atoms with van der Waals surface area (Å²) in [6.07, 6.45) is 0.739. The first-order valence-corrected chi connectivity index (χ1v) is 6.94. The second-order valence-electron chi connectivity index (χ2n) is 5.41. The molecule has 4 nitrogen and oxygen atoms in total. The normalized spacial score (nSPS) is 30.7. The number of benzene rings is 1. The molecule has 2 aliphatic rings. The van der Waals surface area contributed by atoms with E-state index in [-0.39, 0.29) is 6.09 Å². The van der Waals surface area contributed by atoms with Gasteiger partial charge in [-0.05, 0) is 32.0 Å². The Kier molecular flexibility index (Phi) is 3.15. The zero-order valence-electron chi connectivity index (χ0n) is 10.9. The van der Waals surface area contributed by atoms with Crippen molar-refractivity contribution >= 4 is 23.4 Å². The third-order valence-corrected chi connectivity index (χ3v) is 4.40. The van der Waals surface area contributed by atoms with E-state index in [0.29, 0.717) is 17.5 Å². The number of nitrogens with zero attached hydrogens (tertiary/aromatic N) is 1. The molecule has 0 spiro atoms. The number of rotatable bonds is 2. The maximum absolute atomic E-state index is 12.1. The van der Waals surface area contributed by atoms with Gasteiger partial charge < -0.3 is 10.1 Å². The van der Waals surface area contributed by atoms with E-state index < -0.39 is 5.60 Å². The number of nitrogens with one attached hydrogen (secondary N) is 1. The molecule has 2 aliphatic heterocycles. The van der Waals surface area contributed by atoms with Gasteiger partial charge in [-0.3, -0.25) is 4.90 Å². The molecule has 2 heterocycles. The summed E-state index contributed by atoms with van der Waals surface area (Å²) in [5.41, 5.74) is 0.295. The topological polar surface area (TPSA) is 41.6 Å². The van der Waals surface area contributed by atoms with E-state index in [4.69, 9.17) is 16.3 Å². The summed E-state index contributed by atoms with van der Waals surface area (Å²) >= 11 is 6.16. The molecule has 2 unspecified atom stereocenters. The zero-order chi connectivity index (χ0) is 13.5. The minimum absolute atomic E-state index is 0.303.